The number of rotatable bonds is 3. The zero-order valence-corrected chi connectivity index (χ0v) is 12.4. The van der Waals surface area contributed by atoms with E-state index in [2.05, 4.69) is 6.58 Å². The summed E-state index contributed by atoms with van der Waals surface area (Å²) >= 11 is 0. The third kappa shape index (κ3) is 2.67. The summed E-state index contributed by atoms with van der Waals surface area (Å²) in [6.45, 7) is 3.87. The van der Waals surface area contributed by atoms with Crippen molar-refractivity contribution in [1.29, 1.82) is 0 Å². The van der Waals surface area contributed by atoms with Crippen LogP contribution in [0.4, 0.5) is 4.39 Å². The van der Waals surface area contributed by atoms with Crippen LogP contribution < -0.4 is 4.74 Å². The van der Waals surface area contributed by atoms with Gasteiger partial charge in [0.05, 0.1) is 7.11 Å². The Bertz CT molecular complexity index is 654. The first-order chi connectivity index (χ1) is 10.2. The molecule has 0 heterocycles. The fourth-order valence-electron chi connectivity index (χ4n) is 3.39. The predicted molar refractivity (Wildman–Crippen MR) is 85.4 cm³/mol. The fourth-order valence-corrected chi connectivity index (χ4v) is 3.39. The Morgan fingerprint density at radius 2 is 1.90 bits per heavy atom. The van der Waals surface area contributed by atoms with Gasteiger partial charge in [-0.25, -0.2) is 4.39 Å². The molecule has 0 atom stereocenters. The number of halogens is 1. The smallest absolute Gasteiger partial charge is 0.134 e. The summed E-state index contributed by atoms with van der Waals surface area (Å²) in [5.74, 6) is 1.65. The van der Waals surface area contributed by atoms with Crippen LogP contribution >= 0.6 is 0 Å². The standard InChI is InChI=1S/C19H21FO/c1-3-13-4-6-14(7-5-13)17-10-8-15-12-16(21-2)9-11-18(15)19(17)20/h3,8-14H,1,4-7H2,2H3. The van der Waals surface area contributed by atoms with Gasteiger partial charge >= 0.3 is 0 Å². The van der Waals surface area contributed by atoms with Gasteiger partial charge in [-0.3, -0.25) is 0 Å². The summed E-state index contributed by atoms with van der Waals surface area (Å²) in [6, 6.07) is 9.49. The van der Waals surface area contributed by atoms with Crippen molar-refractivity contribution in [3.05, 3.63) is 54.4 Å². The minimum atomic E-state index is -0.0581. The molecule has 0 amide bonds. The zero-order valence-electron chi connectivity index (χ0n) is 12.4. The maximum Gasteiger partial charge on any atom is 0.134 e. The number of ether oxygens (including phenoxy) is 1. The minimum Gasteiger partial charge on any atom is -0.497 e. The normalized spacial score (nSPS) is 22.2. The van der Waals surface area contributed by atoms with Crippen LogP contribution in [-0.4, -0.2) is 7.11 Å². The molecule has 0 N–H and O–H groups in total. The van der Waals surface area contributed by atoms with E-state index in [-0.39, 0.29) is 5.82 Å². The average Bonchev–Trinajstić information content (AvgIpc) is 2.55. The van der Waals surface area contributed by atoms with E-state index in [9.17, 15) is 4.39 Å². The molecule has 0 unspecified atom stereocenters. The molecule has 1 saturated carbocycles. The van der Waals surface area contributed by atoms with Crippen LogP contribution in [0.15, 0.2) is 43.0 Å². The van der Waals surface area contributed by atoms with E-state index in [0.29, 0.717) is 17.2 Å². The second kappa shape index (κ2) is 5.88. The fraction of sp³-hybridized carbons (Fsp3) is 0.368. The SMILES string of the molecule is C=CC1CCC(c2ccc3cc(OC)ccc3c2F)CC1. The lowest BCUT2D eigenvalue weighted by atomic mass is 9.78. The third-order valence-electron chi connectivity index (χ3n) is 4.74. The minimum absolute atomic E-state index is 0.0581. The van der Waals surface area contributed by atoms with E-state index in [4.69, 9.17) is 4.74 Å². The topological polar surface area (TPSA) is 9.23 Å². The number of hydrogen-bond acceptors (Lipinski definition) is 1. The Kier molecular flexibility index (Phi) is 3.96. The molecule has 2 heteroatoms. The van der Waals surface area contributed by atoms with Gasteiger partial charge in [-0.2, -0.15) is 0 Å². The van der Waals surface area contributed by atoms with Crippen LogP contribution in [0.25, 0.3) is 10.8 Å². The van der Waals surface area contributed by atoms with Crippen LogP contribution in [0.2, 0.25) is 0 Å². The third-order valence-corrected chi connectivity index (χ3v) is 4.74. The van der Waals surface area contributed by atoms with Crippen LogP contribution in [-0.2, 0) is 0 Å². The Balaban J connectivity index is 1.93. The molecule has 1 nitrogen and oxygen atoms in total. The van der Waals surface area contributed by atoms with E-state index in [0.717, 1.165) is 42.4 Å². The molecule has 2 aromatic carbocycles. The molecular formula is C19H21FO. The maximum atomic E-state index is 14.8. The van der Waals surface area contributed by atoms with E-state index in [1.165, 1.54) is 0 Å². The number of benzene rings is 2. The number of hydrogen-bond donors (Lipinski definition) is 0. The summed E-state index contributed by atoms with van der Waals surface area (Å²) in [5, 5.41) is 1.59. The molecule has 1 aliphatic carbocycles. The van der Waals surface area contributed by atoms with Crippen molar-refractivity contribution in [2.75, 3.05) is 7.11 Å². The zero-order chi connectivity index (χ0) is 14.8. The molecule has 0 spiro atoms. The number of allylic oxidation sites excluding steroid dienone is 1. The highest BCUT2D eigenvalue weighted by molar-refractivity contribution is 5.85. The largest absolute Gasteiger partial charge is 0.497 e. The van der Waals surface area contributed by atoms with Gasteiger partial charge in [-0.1, -0.05) is 18.2 Å². The van der Waals surface area contributed by atoms with E-state index >= 15 is 0 Å². The summed E-state index contributed by atoms with van der Waals surface area (Å²) < 4.78 is 20.0. The number of fused-ring (bicyclic) bond motifs is 1. The summed E-state index contributed by atoms with van der Waals surface area (Å²) in [4.78, 5) is 0. The van der Waals surface area contributed by atoms with E-state index in [1.807, 2.05) is 36.4 Å². The Hall–Kier alpha value is -1.83. The molecule has 0 aliphatic heterocycles. The second-order valence-corrected chi connectivity index (χ2v) is 5.90. The van der Waals surface area contributed by atoms with Crippen molar-refractivity contribution in [3.8, 4) is 5.75 Å². The molecule has 0 saturated heterocycles. The molecule has 110 valence electrons. The molecule has 2 aromatic rings. The molecule has 0 radical (unpaired) electrons. The quantitative estimate of drug-likeness (QED) is 0.681. The Morgan fingerprint density at radius 1 is 1.14 bits per heavy atom. The van der Waals surface area contributed by atoms with Gasteiger partial charge in [0.25, 0.3) is 0 Å². The van der Waals surface area contributed by atoms with Crippen LogP contribution in [0, 0.1) is 11.7 Å². The summed E-state index contributed by atoms with van der Waals surface area (Å²) in [7, 11) is 1.63. The van der Waals surface area contributed by atoms with Crippen LogP contribution in [0.3, 0.4) is 0 Å². The van der Waals surface area contributed by atoms with Crippen molar-refractivity contribution < 1.29 is 9.13 Å². The second-order valence-electron chi connectivity index (χ2n) is 5.90. The van der Waals surface area contributed by atoms with Crippen molar-refractivity contribution >= 4 is 10.8 Å². The highest BCUT2D eigenvalue weighted by Gasteiger charge is 2.23. The van der Waals surface area contributed by atoms with Crippen molar-refractivity contribution in [3.63, 3.8) is 0 Å². The average molecular weight is 284 g/mol. The predicted octanol–water partition coefficient (Wildman–Crippen LogP) is 5.45. The van der Waals surface area contributed by atoms with Crippen molar-refractivity contribution in [2.45, 2.75) is 31.6 Å². The van der Waals surface area contributed by atoms with Crippen molar-refractivity contribution in [1.82, 2.24) is 0 Å². The van der Waals surface area contributed by atoms with Gasteiger partial charge in [-0.05, 0) is 66.7 Å². The molecule has 3 rings (SSSR count). The van der Waals surface area contributed by atoms with Gasteiger partial charge in [0.1, 0.15) is 11.6 Å². The summed E-state index contributed by atoms with van der Waals surface area (Å²) in [5.41, 5.74) is 0.871. The van der Waals surface area contributed by atoms with E-state index < -0.39 is 0 Å². The van der Waals surface area contributed by atoms with E-state index in [1.54, 1.807) is 7.11 Å². The lowest BCUT2D eigenvalue weighted by molar-refractivity contribution is 0.369. The van der Waals surface area contributed by atoms with Crippen molar-refractivity contribution in [2.24, 2.45) is 5.92 Å². The first kappa shape index (κ1) is 14.1. The molecule has 1 aliphatic rings. The van der Waals surface area contributed by atoms with Gasteiger partial charge < -0.3 is 4.74 Å². The number of methoxy groups -OCH3 is 1. The monoisotopic (exact) mass is 284 g/mol. The molecule has 1 fully saturated rings. The lowest BCUT2D eigenvalue weighted by Crippen LogP contribution is -2.12. The highest BCUT2D eigenvalue weighted by Crippen LogP contribution is 2.39. The molecule has 0 aromatic heterocycles. The van der Waals surface area contributed by atoms with Gasteiger partial charge in [0.15, 0.2) is 0 Å². The molecular weight excluding hydrogens is 263 g/mol. The van der Waals surface area contributed by atoms with Crippen LogP contribution in [0.1, 0.15) is 37.2 Å². The van der Waals surface area contributed by atoms with Gasteiger partial charge in [0.2, 0.25) is 0 Å². The Labute approximate surface area is 125 Å². The first-order valence-electron chi connectivity index (χ1n) is 7.61. The van der Waals surface area contributed by atoms with Gasteiger partial charge in [-0.15, -0.1) is 6.58 Å². The Morgan fingerprint density at radius 3 is 2.57 bits per heavy atom. The summed E-state index contributed by atoms with van der Waals surface area (Å²) in [6.07, 6.45) is 6.38. The highest BCUT2D eigenvalue weighted by atomic mass is 19.1. The van der Waals surface area contributed by atoms with Crippen LogP contribution in [0.5, 0.6) is 5.75 Å². The lowest BCUT2D eigenvalue weighted by Gasteiger charge is -2.27. The maximum absolute atomic E-state index is 14.8. The van der Waals surface area contributed by atoms with Gasteiger partial charge in [0, 0.05) is 5.39 Å². The first-order valence-corrected chi connectivity index (χ1v) is 7.61. The molecule has 21 heavy (non-hydrogen) atoms. The molecule has 0 bridgehead atoms.